The van der Waals surface area contributed by atoms with Crippen LogP contribution in [0, 0.1) is 11.6 Å². The Balaban J connectivity index is 1.33. The molecule has 1 fully saturated rings. The molecular formula is C24H23F2N5O2. The molecule has 0 atom stereocenters. The number of nitrogens with zero attached hydrogens (tertiary/aromatic N) is 4. The zero-order valence-corrected chi connectivity index (χ0v) is 18.0. The summed E-state index contributed by atoms with van der Waals surface area (Å²) in [7, 11) is 1.71. The van der Waals surface area contributed by atoms with E-state index in [1.54, 1.807) is 47.4 Å². The third kappa shape index (κ3) is 5.14. The molecule has 0 bridgehead atoms. The van der Waals surface area contributed by atoms with E-state index >= 15 is 0 Å². The lowest BCUT2D eigenvalue weighted by molar-refractivity contribution is 0.0671. The summed E-state index contributed by atoms with van der Waals surface area (Å²) in [5.74, 6) is -1.19. The van der Waals surface area contributed by atoms with E-state index < -0.39 is 11.6 Å². The monoisotopic (exact) mass is 451 g/mol. The van der Waals surface area contributed by atoms with Crippen molar-refractivity contribution in [2.24, 2.45) is 0 Å². The highest BCUT2D eigenvalue weighted by molar-refractivity contribution is 5.94. The summed E-state index contributed by atoms with van der Waals surface area (Å²) < 4.78 is 27.4. The maximum Gasteiger partial charge on any atom is 0.321 e. The van der Waals surface area contributed by atoms with Crippen molar-refractivity contribution in [3.63, 3.8) is 0 Å². The van der Waals surface area contributed by atoms with E-state index in [0.717, 1.165) is 18.2 Å². The van der Waals surface area contributed by atoms with Crippen LogP contribution in [0.15, 0.2) is 61.1 Å². The maximum absolute atomic E-state index is 13.9. The number of carbonyl (C=O) groups excluding carboxylic acids is 2. The number of rotatable bonds is 4. The summed E-state index contributed by atoms with van der Waals surface area (Å²) in [6.07, 6.45) is 5.90. The van der Waals surface area contributed by atoms with Crippen molar-refractivity contribution >= 4 is 17.6 Å². The quantitative estimate of drug-likeness (QED) is 0.645. The number of piperidine rings is 1. The molecule has 4 rings (SSSR count). The van der Waals surface area contributed by atoms with Gasteiger partial charge >= 0.3 is 6.03 Å². The Bertz CT molecular complexity index is 1130. The third-order valence-corrected chi connectivity index (χ3v) is 5.75. The van der Waals surface area contributed by atoms with E-state index in [2.05, 4.69) is 15.3 Å². The van der Waals surface area contributed by atoms with Gasteiger partial charge in [-0.25, -0.2) is 13.6 Å². The van der Waals surface area contributed by atoms with Crippen LogP contribution < -0.4 is 5.32 Å². The van der Waals surface area contributed by atoms with Crippen LogP contribution in [0.4, 0.5) is 19.3 Å². The number of likely N-dealkylation sites (tertiary alicyclic amines) is 1. The highest BCUT2D eigenvalue weighted by atomic mass is 19.1. The molecule has 3 amide bonds. The fourth-order valence-electron chi connectivity index (χ4n) is 3.83. The molecule has 0 radical (unpaired) electrons. The maximum atomic E-state index is 13.9. The Morgan fingerprint density at radius 3 is 2.55 bits per heavy atom. The molecule has 0 aliphatic carbocycles. The summed E-state index contributed by atoms with van der Waals surface area (Å²) in [6.45, 7) is 1.09. The van der Waals surface area contributed by atoms with Gasteiger partial charge in [0.25, 0.3) is 5.91 Å². The van der Waals surface area contributed by atoms with Crippen molar-refractivity contribution in [3.05, 3.63) is 78.3 Å². The van der Waals surface area contributed by atoms with Crippen LogP contribution in [0.3, 0.4) is 0 Å². The van der Waals surface area contributed by atoms with Crippen LogP contribution in [0.25, 0.3) is 11.3 Å². The van der Waals surface area contributed by atoms with Crippen molar-refractivity contribution in [1.82, 2.24) is 19.8 Å². The number of benzene rings is 1. The smallest absolute Gasteiger partial charge is 0.321 e. The number of anilines is 1. The number of aromatic nitrogens is 2. The Labute approximate surface area is 190 Å². The van der Waals surface area contributed by atoms with Gasteiger partial charge in [0, 0.05) is 44.1 Å². The molecule has 170 valence electrons. The number of amides is 3. The lowest BCUT2D eigenvalue weighted by Crippen LogP contribution is -2.48. The first-order valence-corrected chi connectivity index (χ1v) is 10.6. The molecule has 1 aliphatic rings. The van der Waals surface area contributed by atoms with E-state index in [1.807, 2.05) is 0 Å². The van der Waals surface area contributed by atoms with Crippen LogP contribution in [-0.2, 0) is 0 Å². The first kappa shape index (κ1) is 22.3. The van der Waals surface area contributed by atoms with Gasteiger partial charge in [-0.05, 0) is 55.3 Å². The number of urea groups is 1. The summed E-state index contributed by atoms with van der Waals surface area (Å²) in [5, 5.41) is 2.77. The first-order valence-electron chi connectivity index (χ1n) is 10.6. The van der Waals surface area contributed by atoms with Crippen molar-refractivity contribution in [2.75, 3.05) is 25.5 Å². The van der Waals surface area contributed by atoms with E-state index in [4.69, 9.17) is 0 Å². The van der Waals surface area contributed by atoms with Gasteiger partial charge in [-0.15, -0.1) is 0 Å². The molecule has 2 aromatic heterocycles. The number of hydrogen-bond donors (Lipinski definition) is 1. The number of halogens is 2. The molecule has 0 spiro atoms. The Hall–Kier alpha value is -3.88. The van der Waals surface area contributed by atoms with Gasteiger partial charge in [0.2, 0.25) is 0 Å². The number of hydrogen-bond acceptors (Lipinski definition) is 4. The van der Waals surface area contributed by atoms with Gasteiger partial charge < -0.3 is 15.1 Å². The van der Waals surface area contributed by atoms with Crippen LogP contribution in [0.5, 0.6) is 0 Å². The predicted molar refractivity (Wildman–Crippen MR) is 120 cm³/mol. The second kappa shape index (κ2) is 9.72. The van der Waals surface area contributed by atoms with E-state index in [1.165, 1.54) is 12.3 Å². The van der Waals surface area contributed by atoms with Crippen LogP contribution in [0.1, 0.15) is 23.2 Å². The average Bonchev–Trinajstić information content (AvgIpc) is 2.86. The normalized spacial score (nSPS) is 14.1. The first-order chi connectivity index (χ1) is 15.9. The van der Waals surface area contributed by atoms with Gasteiger partial charge in [-0.1, -0.05) is 0 Å². The Morgan fingerprint density at radius 1 is 1.09 bits per heavy atom. The van der Waals surface area contributed by atoms with Crippen molar-refractivity contribution in [3.8, 4) is 11.3 Å². The number of nitrogens with one attached hydrogen (secondary N) is 1. The molecule has 9 heteroatoms. The molecule has 1 N–H and O–H groups in total. The molecule has 1 aromatic carbocycles. The summed E-state index contributed by atoms with van der Waals surface area (Å²) >= 11 is 0. The summed E-state index contributed by atoms with van der Waals surface area (Å²) in [4.78, 5) is 36.8. The molecule has 0 saturated carbocycles. The molecule has 7 nitrogen and oxygen atoms in total. The molecule has 33 heavy (non-hydrogen) atoms. The van der Waals surface area contributed by atoms with Crippen LogP contribution in [0.2, 0.25) is 0 Å². The standard InChI is InChI=1S/C24H23F2N5O2/c1-30(19-8-11-31(12-9-19)23(32)16-3-2-10-27-14-16)24(33)29-18-5-7-22(28-15-18)20-13-17(25)4-6-21(20)26/h2-7,10,13-15,19H,8-9,11-12H2,1H3,(H,29,33). The SMILES string of the molecule is CN(C(=O)Nc1ccc(-c2cc(F)ccc2F)nc1)C1CCN(C(=O)c2cccnc2)CC1. The lowest BCUT2D eigenvalue weighted by Gasteiger charge is -2.36. The van der Waals surface area contributed by atoms with Crippen molar-refractivity contribution in [2.45, 2.75) is 18.9 Å². The zero-order valence-electron chi connectivity index (χ0n) is 18.0. The number of pyridine rings is 2. The highest BCUT2D eigenvalue weighted by Crippen LogP contribution is 2.23. The fourth-order valence-corrected chi connectivity index (χ4v) is 3.83. The lowest BCUT2D eigenvalue weighted by atomic mass is 10.0. The molecule has 3 aromatic rings. The van der Waals surface area contributed by atoms with Crippen molar-refractivity contribution in [1.29, 1.82) is 0 Å². The van der Waals surface area contributed by atoms with E-state index in [-0.39, 0.29) is 29.2 Å². The second-order valence-electron chi connectivity index (χ2n) is 7.86. The van der Waals surface area contributed by atoms with Gasteiger partial charge in [-0.2, -0.15) is 0 Å². The molecule has 0 unspecified atom stereocenters. The number of carbonyl (C=O) groups is 2. The van der Waals surface area contributed by atoms with Gasteiger partial charge in [0.15, 0.2) is 0 Å². The minimum absolute atomic E-state index is 0.0171. The molecule has 1 aliphatic heterocycles. The van der Waals surface area contributed by atoms with Crippen molar-refractivity contribution < 1.29 is 18.4 Å². The van der Waals surface area contributed by atoms with E-state index in [9.17, 15) is 18.4 Å². The highest BCUT2D eigenvalue weighted by Gasteiger charge is 2.28. The summed E-state index contributed by atoms with van der Waals surface area (Å²) in [6, 6.07) is 9.43. The van der Waals surface area contributed by atoms with Gasteiger partial charge in [0.05, 0.1) is 23.1 Å². The minimum Gasteiger partial charge on any atom is -0.338 e. The van der Waals surface area contributed by atoms with Gasteiger partial charge in [-0.3, -0.25) is 14.8 Å². The minimum atomic E-state index is -0.575. The van der Waals surface area contributed by atoms with Crippen LogP contribution in [-0.4, -0.2) is 57.9 Å². The van der Waals surface area contributed by atoms with E-state index in [0.29, 0.717) is 37.2 Å². The Kier molecular flexibility index (Phi) is 6.58. The average molecular weight is 451 g/mol. The predicted octanol–water partition coefficient (Wildman–Crippen LogP) is 4.19. The third-order valence-electron chi connectivity index (χ3n) is 5.75. The fraction of sp³-hybridized carbons (Fsp3) is 0.250. The molecular weight excluding hydrogens is 428 g/mol. The molecule has 1 saturated heterocycles. The van der Waals surface area contributed by atoms with Crippen LogP contribution >= 0.6 is 0 Å². The zero-order chi connectivity index (χ0) is 23.4. The largest absolute Gasteiger partial charge is 0.338 e. The second-order valence-corrected chi connectivity index (χ2v) is 7.86. The molecule has 3 heterocycles. The topological polar surface area (TPSA) is 78.4 Å². The Morgan fingerprint density at radius 2 is 1.88 bits per heavy atom. The summed E-state index contributed by atoms with van der Waals surface area (Å²) in [5.41, 5.74) is 1.31. The van der Waals surface area contributed by atoms with Gasteiger partial charge in [0.1, 0.15) is 11.6 Å².